The van der Waals surface area contributed by atoms with Gasteiger partial charge in [-0.15, -0.1) is 0 Å². The summed E-state index contributed by atoms with van der Waals surface area (Å²) in [6.45, 7) is 2.14. The minimum absolute atomic E-state index is 0.482. The van der Waals surface area contributed by atoms with E-state index in [1.165, 1.54) is 11.1 Å². The third-order valence-electron chi connectivity index (χ3n) is 1.88. The van der Waals surface area contributed by atoms with Crippen molar-refractivity contribution in [3.63, 3.8) is 0 Å². The van der Waals surface area contributed by atoms with Gasteiger partial charge in [0.1, 0.15) is 0 Å². The number of aryl methyl sites for hydroxylation is 1. The van der Waals surface area contributed by atoms with E-state index in [9.17, 15) is 0 Å². The van der Waals surface area contributed by atoms with Gasteiger partial charge in [0.15, 0.2) is 0 Å². The lowest BCUT2D eigenvalue weighted by Gasteiger charge is -1.97. The number of benzene rings is 1. The minimum Gasteiger partial charge on any atom is -0.198 e. The van der Waals surface area contributed by atoms with Crippen LogP contribution in [-0.2, 0) is 6.42 Å². The van der Waals surface area contributed by atoms with E-state index in [0.29, 0.717) is 6.42 Å². The van der Waals surface area contributed by atoms with Crippen molar-refractivity contribution in [2.24, 2.45) is 0 Å². The van der Waals surface area contributed by atoms with E-state index >= 15 is 0 Å². The summed E-state index contributed by atoms with van der Waals surface area (Å²) >= 11 is 0. The number of rotatable bonds is 3. The lowest BCUT2D eigenvalue weighted by Crippen LogP contribution is -1.79. The average Bonchev–Trinajstić information content (AvgIpc) is 2.19. The Morgan fingerprint density at radius 2 is 2.31 bits per heavy atom. The van der Waals surface area contributed by atoms with Crippen LogP contribution in [0, 0.1) is 11.3 Å². The predicted molar refractivity (Wildman–Crippen MR) is 55.1 cm³/mol. The SMILES string of the molecule is CCc1cccc(C=CCC#N)c1. The van der Waals surface area contributed by atoms with Crippen LogP contribution in [0.2, 0.25) is 0 Å². The van der Waals surface area contributed by atoms with E-state index in [1.54, 1.807) is 0 Å². The second kappa shape index (κ2) is 5.16. The second-order valence-electron chi connectivity index (χ2n) is 2.86. The zero-order valence-corrected chi connectivity index (χ0v) is 7.83. The quantitative estimate of drug-likeness (QED) is 0.685. The molecule has 0 saturated carbocycles. The Balaban J connectivity index is 2.73. The molecule has 1 nitrogen and oxygen atoms in total. The van der Waals surface area contributed by atoms with E-state index in [1.807, 2.05) is 24.3 Å². The van der Waals surface area contributed by atoms with E-state index in [-0.39, 0.29) is 0 Å². The maximum absolute atomic E-state index is 8.34. The van der Waals surface area contributed by atoms with Crippen LogP contribution in [0.1, 0.15) is 24.5 Å². The fraction of sp³-hybridized carbons (Fsp3) is 0.250. The highest BCUT2D eigenvalue weighted by atomic mass is 14.2. The highest BCUT2D eigenvalue weighted by molar-refractivity contribution is 5.50. The molecule has 0 spiro atoms. The maximum Gasteiger partial charge on any atom is 0.0663 e. The van der Waals surface area contributed by atoms with Crippen molar-refractivity contribution >= 4 is 6.08 Å². The van der Waals surface area contributed by atoms with Crippen LogP contribution < -0.4 is 0 Å². The lowest BCUT2D eigenvalue weighted by molar-refractivity contribution is 1.14. The number of nitriles is 1. The zero-order chi connectivity index (χ0) is 9.52. The van der Waals surface area contributed by atoms with Gasteiger partial charge in [0, 0.05) is 0 Å². The molecule has 0 atom stereocenters. The van der Waals surface area contributed by atoms with Crippen LogP contribution in [0.5, 0.6) is 0 Å². The van der Waals surface area contributed by atoms with E-state index in [0.717, 1.165) is 6.42 Å². The Morgan fingerprint density at radius 1 is 1.46 bits per heavy atom. The molecule has 0 amide bonds. The highest BCUT2D eigenvalue weighted by Gasteiger charge is 1.89. The van der Waals surface area contributed by atoms with Crippen LogP contribution in [-0.4, -0.2) is 0 Å². The Labute approximate surface area is 79.3 Å². The first kappa shape index (κ1) is 9.54. The normalized spacial score (nSPS) is 10.2. The number of hydrogen-bond acceptors (Lipinski definition) is 1. The summed E-state index contributed by atoms with van der Waals surface area (Å²) in [5.74, 6) is 0. The van der Waals surface area contributed by atoms with E-state index in [2.05, 4.69) is 25.1 Å². The van der Waals surface area contributed by atoms with Gasteiger partial charge in [-0.3, -0.25) is 0 Å². The van der Waals surface area contributed by atoms with Crippen LogP contribution >= 0.6 is 0 Å². The molecule has 0 heterocycles. The molecule has 0 saturated heterocycles. The summed E-state index contributed by atoms with van der Waals surface area (Å²) in [6.07, 6.45) is 5.41. The molecule has 66 valence electrons. The third-order valence-corrected chi connectivity index (χ3v) is 1.88. The van der Waals surface area contributed by atoms with Crippen molar-refractivity contribution in [1.82, 2.24) is 0 Å². The molecular weight excluding hydrogens is 158 g/mol. The van der Waals surface area contributed by atoms with Crippen LogP contribution in [0.4, 0.5) is 0 Å². The van der Waals surface area contributed by atoms with Gasteiger partial charge in [-0.2, -0.15) is 5.26 Å². The monoisotopic (exact) mass is 171 g/mol. The van der Waals surface area contributed by atoms with Gasteiger partial charge in [-0.05, 0) is 17.5 Å². The van der Waals surface area contributed by atoms with E-state index in [4.69, 9.17) is 5.26 Å². The molecule has 0 aliphatic heterocycles. The molecule has 1 aromatic carbocycles. The van der Waals surface area contributed by atoms with E-state index < -0.39 is 0 Å². The fourth-order valence-electron chi connectivity index (χ4n) is 1.16. The lowest BCUT2D eigenvalue weighted by atomic mass is 10.1. The standard InChI is InChI=1S/C12H13N/c1-2-11-7-5-8-12(10-11)6-3-4-9-13/h3,5-8,10H,2,4H2,1H3. The molecular formula is C12H13N. The zero-order valence-electron chi connectivity index (χ0n) is 7.83. The molecule has 0 aromatic heterocycles. The topological polar surface area (TPSA) is 23.8 Å². The van der Waals surface area contributed by atoms with Crippen molar-refractivity contribution < 1.29 is 0 Å². The molecule has 0 aliphatic carbocycles. The summed E-state index contributed by atoms with van der Waals surface area (Å²) < 4.78 is 0. The Bertz CT molecular complexity index is 331. The Morgan fingerprint density at radius 3 is 3.00 bits per heavy atom. The molecule has 0 fully saturated rings. The van der Waals surface area contributed by atoms with Crippen molar-refractivity contribution in [3.05, 3.63) is 41.5 Å². The summed E-state index contributed by atoms with van der Waals surface area (Å²) in [4.78, 5) is 0. The first-order valence-corrected chi connectivity index (χ1v) is 4.49. The molecule has 13 heavy (non-hydrogen) atoms. The van der Waals surface area contributed by atoms with Gasteiger partial charge in [0.05, 0.1) is 12.5 Å². The molecule has 0 unspecified atom stereocenters. The summed E-state index contributed by atoms with van der Waals surface area (Å²) in [6, 6.07) is 10.4. The molecule has 1 heteroatoms. The Kier molecular flexibility index (Phi) is 3.78. The van der Waals surface area contributed by atoms with Gasteiger partial charge in [0.2, 0.25) is 0 Å². The predicted octanol–water partition coefficient (Wildman–Crippen LogP) is 3.18. The summed E-state index contributed by atoms with van der Waals surface area (Å²) in [5.41, 5.74) is 2.51. The largest absolute Gasteiger partial charge is 0.198 e. The van der Waals surface area contributed by atoms with Gasteiger partial charge in [-0.25, -0.2) is 0 Å². The molecule has 0 bridgehead atoms. The molecule has 1 aromatic rings. The number of hydrogen-bond donors (Lipinski definition) is 0. The number of nitrogens with zero attached hydrogens (tertiary/aromatic N) is 1. The van der Waals surface area contributed by atoms with Gasteiger partial charge >= 0.3 is 0 Å². The molecule has 1 rings (SSSR count). The smallest absolute Gasteiger partial charge is 0.0663 e. The fourth-order valence-corrected chi connectivity index (χ4v) is 1.16. The van der Waals surface area contributed by atoms with Crippen molar-refractivity contribution in [1.29, 1.82) is 5.26 Å². The maximum atomic E-state index is 8.34. The molecule has 0 radical (unpaired) electrons. The Hall–Kier alpha value is -1.55. The molecule has 0 N–H and O–H groups in total. The minimum atomic E-state index is 0.482. The van der Waals surface area contributed by atoms with Gasteiger partial charge < -0.3 is 0 Å². The second-order valence-corrected chi connectivity index (χ2v) is 2.86. The third kappa shape index (κ3) is 3.13. The van der Waals surface area contributed by atoms with Crippen LogP contribution in [0.3, 0.4) is 0 Å². The van der Waals surface area contributed by atoms with Crippen LogP contribution in [0.15, 0.2) is 30.3 Å². The van der Waals surface area contributed by atoms with Crippen molar-refractivity contribution in [2.75, 3.05) is 0 Å². The average molecular weight is 171 g/mol. The van der Waals surface area contributed by atoms with Crippen molar-refractivity contribution in [2.45, 2.75) is 19.8 Å². The first-order chi connectivity index (χ1) is 6.36. The van der Waals surface area contributed by atoms with Crippen molar-refractivity contribution in [3.8, 4) is 6.07 Å². The highest BCUT2D eigenvalue weighted by Crippen LogP contribution is 2.07. The van der Waals surface area contributed by atoms with Gasteiger partial charge in [-0.1, -0.05) is 43.3 Å². The summed E-state index contributed by atoms with van der Waals surface area (Å²) in [5, 5.41) is 8.34. The number of allylic oxidation sites excluding steroid dienone is 1. The summed E-state index contributed by atoms with van der Waals surface area (Å²) in [7, 11) is 0. The molecule has 0 aliphatic rings. The first-order valence-electron chi connectivity index (χ1n) is 4.49. The van der Waals surface area contributed by atoms with Gasteiger partial charge in [0.25, 0.3) is 0 Å². The van der Waals surface area contributed by atoms with Crippen LogP contribution in [0.25, 0.3) is 6.08 Å².